The number of aliphatic hydroxyl groups is 1. The summed E-state index contributed by atoms with van der Waals surface area (Å²) < 4.78 is 20.1. The molecule has 1 spiro atoms. The maximum atomic E-state index is 14.2. The summed E-state index contributed by atoms with van der Waals surface area (Å²) in [4.78, 5) is 43.8. The van der Waals surface area contributed by atoms with Crippen LogP contribution in [-0.2, 0) is 26.2 Å². The SMILES string of the molecule is C/C=C(\C)C(=O)O[C@]1(C)CC=C2CSSC[C@@H]3[C@@H](CNC)CN3C(=O)CC3=C(C=C(N)NC3)[C@H]2[C@]12Cc1cc3cc(C4(CCO)CCCCC4)c(=O)oc3cc1O2. The van der Waals surface area contributed by atoms with Crippen LogP contribution in [0.25, 0.3) is 11.0 Å². The largest absolute Gasteiger partial charge is 0.481 e. The number of amides is 1. The smallest absolute Gasteiger partial charge is 0.340 e. The van der Waals surface area contributed by atoms with Crippen LogP contribution in [0.2, 0.25) is 0 Å². The summed E-state index contributed by atoms with van der Waals surface area (Å²) in [5, 5.41) is 17.5. The molecule has 5 heterocycles. The summed E-state index contributed by atoms with van der Waals surface area (Å²) in [6.45, 7) is 7.56. The lowest BCUT2D eigenvalue weighted by atomic mass is 9.61. The minimum atomic E-state index is -1.15. The van der Waals surface area contributed by atoms with Crippen molar-refractivity contribution < 1.29 is 28.6 Å². The highest BCUT2D eigenvalue weighted by Crippen LogP contribution is 2.57. The molecule has 1 amide bonds. The van der Waals surface area contributed by atoms with E-state index >= 15 is 0 Å². The Labute approximate surface area is 342 Å². The molecule has 1 saturated heterocycles. The molecule has 2 aliphatic carbocycles. The van der Waals surface area contributed by atoms with E-state index in [9.17, 15) is 19.5 Å². The third-order valence-electron chi connectivity index (χ3n) is 13.8. The van der Waals surface area contributed by atoms with Gasteiger partial charge in [0.1, 0.15) is 11.3 Å². The number of nitrogens with one attached hydrogen (secondary N) is 2. The monoisotopic (exact) mass is 816 g/mol. The molecule has 11 nitrogen and oxygen atoms in total. The van der Waals surface area contributed by atoms with Crippen LogP contribution in [0.15, 0.2) is 73.8 Å². The second-order valence-corrected chi connectivity index (χ2v) is 19.6. The maximum Gasteiger partial charge on any atom is 0.340 e. The predicted octanol–water partition coefficient (Wildman–Crippen LogP) is 5.80. The first-order valence-electron chi connectivity index (χ1n) is 20.5. The first-order chi connectivity index (χ1) is 27.4. The van der Waals surface area contributed by atoms with Crippen LogP contribution in [0.3, 0.4) is 0 Å². The minimum absolute atomic E-state index is 0.00341. The van der Waals surface area contributed by atoms with Crippen LogP contribution >= 0.6 is 21.6 Å². The van der Waals surface area contributed by atoms with Crippen molar-refractivity contribution in [2.24, 2.45) is 17.6 Å². The number of dihydropyridines is 1. The number of benzene rings is 1. The molecule has 0 bridgehead atoms. The number of hydrogen-bond donors (Lipinski definition) is 4. The fourth-order valence-electron chi connectivity index (χ4n) is 10.4. The Kier molecular flexibility index (Phi) is 11.2. The maximum absolute atomic E-state index is 14.2. The number of carbonyl (C=O) groups is 2. The van der Waals surface area contributed by atoms with Gasteiger partial charge in [-0.15, -0.1) is 0 Å². The van der Waals surface area contributed by atoms with Crippen molar-refractivity contribution in [3.05, 3.63) is 86.1 Å². The normalized spacial score (nSPS) is 30.0. The van der Waals surface area contributed by atoms with E-state index in [1.165, 1.54) is 0 Å². The summed E-state index contributed by atoms with van der Waals surface area (Å²) in [5.41, 5.74) is 8.97. The molecule has 8 rings (SSSR count). The highest BCUT2D eigenvalue weighted by molar-refractivity contribution is 8.76. The number of ether oxygens (including phenoxy) is 2. The molecular weight excluding hydrogens is 761 g/mol. The van der Waals surface area contributed by atoms with E-state index < -0.39 is 28.5 Å². The molecular formula is C44H56N4O7S2. The van der Waals surface area contributed by atoms with Gasteiger partial charge in [-0.05, 0) is 82.0 Å². The van der Waals surface area contributed by atoms with Crippen LogP contribution in [0.4, 0.5) is 0 Å². The van der Waals surface area contributed by atoms with E-state index in [4.69, 9.17) is 19.6 Å². The number of nitrogens with zero attached hydrogens (tertiary/aromatic N) is 1. The first-order valence-corrected chi connectivity index (χ1v) is 23.0. The van der Waals surface area contributed by atoms with Crippen molar-refractivity contribution in [3.8, 4) is 5.75 Å². The molecule has 1 aromatic carbocycles. The highest BCUT2D eigenvalue weighted by Gasteiger charge is 2.64. The number of allylic oxidation sites excluding steroid dienone is 2. The lowest BCUT2D eigenvalue weighted by molar-refractivity contribution is -0.186. The molecule has 0 radical (unpaired) electrons. The quantitative estimate of drug-likeness (QED) is 0.0878. The molecule has 2 fully saturated rings. The Morgan fingerprint density at radius 3 is 2.75 bits per heavy atom. The molecule has 5 N–H and O–H groups in total. The van der Waals surface area contributed by atoms with Crippen molar-refractivity contribution in [2.75, 3.05) is 44.8 Å². The van der Waals surface area contributed by atoms with Crippen molar-refractivity contribution in [1.82, 2.24) is 15.5 Å². The molecule has 6 aliphatic rings. The van der Waals surface area contributed by atoms with Gasteiger partial charge >= 0.3 is 11.6 Å². The van der Waals surface area contributed by atoms with Gasteiger partial charge in [0, 0.05) is 90.6 Å². The van der Waals surface area contributed by atoms with Crippen LogP contribution in [0, 0.1) is 11.8 Å². The predicted molar refractivity (Wildman–Crippen MR) is 226 cm³/mol. The standard InChI is InChI=1S/C44H56N4O7S2/c1-5-26(2)40(51)55-42(3)12-9-27-24-56-57-25-34-31(21-46-4)23-48(34)38(50)17-30-22-47-37(45)18-32(30)39(27)44(42)20-29-15-28-16-33(41(52)53-35(28)19-36(29)54-44)43(13-14-49)10-7-6-8-11-43/h5,9,15-16,18-19,31,34,39,46-47,49H,6-8,10-14,17,20-25,45H2,1-4H3/b26-5+/t31-,34+,39-,42+,44+/m0/s1. The van der Waals surface area contributed by atoms with Gasteiger partial charge in [0.15, 0.2) is 11.2 Å². The fraction of sp³-hybridized carbons (Fsp3) is 0.568. The van der Waals surface area contributed by atoms with Crippen molar-refractivity contribution in [1.29, 1.82) is 0 Å². The van der Waals surface area contributed by atoms with Gasteiger partial charge in [-0.1, -0.05) is 58.6 Å². The van der Waals surface area contributed by atoms with Gasteiger partial charge in [0.05, 0.1) is 18.2 Å². The minimum Gasteiger partial charge on any atom is -0.481 e. The fourth-order valence-corrected chi connectivity index (χ4v) is 13.0. The van der Waals surface area contributed by atoms with E-state index in [-0.39, 0.29) is 30.6 Å². The van der Waals surface area contributed by atoms with Crippen molar-refractivity contribution in [3.63, 3.8) is 0 Å². The van der Waals surface area contributed by atoms with E-state index in [1.807, 2.05) is 44.0 Å². The Balaban J connectivity index is 1.27. The molecule has 306 valence electrons. The summed E-state index contributed by atoms with van der Waals surface area (Å²) >= 11 is 0. The zero-order valence-electron chi connectivity index (χ0n) is 33.5. The van der Waals surface area contributed by atoms with E-state index in [1.54, 1.807) is 34.6 Å². The average molecular weight is 817 g/mol. The van der Waals surface area contributed by atoms with Gasteiger partial charge in [0.25, 0.3) is 0 Å². The zero-order valence-corrected chi connectivity index (χ0v) is 35.2. The Bertz CT molecular complexity index is 2130. The van der Waals surface area contributed by atoms with Gasteiger partial charge < -0.3 is 40.3 Å². The molecule has 0 unspecified atom stereocenters. The average Bonchev–Trinajstić information content (AvgIpc) is 3.56. The molecule has 57 heavy (non-hydrogen) atoms. The molecule has 4 aliphatic heterocycles. The first kappa shape index (κ1) is 40.1. The number of fused-ring (bicyclic) bond motifs is 6. The summed E-state index contributed by atoms with van der Waals surface area (Å²) in [7, 11) is 5.55. The summed E-state index contributed by atoms with van der Waals surface area (Å²) in [5.74, 6) is 2.28. The third-order valence-corrected chi connectivity index (χ3v) is 16.2. The molecule has 2 aromatic rings. The van der Waals surface area contributed by atoms with Gasteiger partial charge in [-0.2, -0.15) is 0 Å². The van der Waals surface area contributed by atoms with Crippen LogP contribution < -0.4 is 26.7 Å². The zero-order chi connectivity index (χ0) is 40.1. The number of esters is 1. The van der Waals surface area contributed by atoms with Crippen LogP contribution in [-0.4, -0.2) is 83.9 Å². The van der Waals surface area contributed by atoms with Crippen molar-refractivity contribution >= 4 is 44.4 Å². The number of hydrogen-bond acceptors (Lipinski definition) is 12. The number of carbonyl (C=O) groups excluding carboxylic acids is 2. The van der Waals surface area contributed by atoms with Gasteiger partial charge in [-0.3, -0.25) is 4.79 Å². The second-order valence-electron chi connectivity index (χ2n) is 17.1. The van der Waals surface area contributed by atoms with Gasteiger partial charge in [0.2, 0.25) is 5.91 Å². The van der Waals surface area contributed by atoms with Crippen molar-refractivity contribution in [2.45, 2.75) is 101 Å². The van der Waals surface area contributed by atoms with Crippen LogP contribution in [0.5, 0.6) is 5.75 Å². The lowest BCUT2D eigenvalue weighted by Gasteiger charge is -2.53. The van der Waals surface area contributed by atoms with E-state index in [0.29, 0.717) is 65.8 Å². The lowest BCUT2D eigenvalue weighted by Crippen LogP contribution is -2.65. The molecule has 1 aromatic heterocycles. The van der Waals surface area contributed by atoms with E-state index in [2.05, 4.69) is 22.8 Å². The topological polar surface area (TPSA) is 156 Å². The summed E-state index contributed by atoms with van der Waals surface area (Å²) in [6, 6.07) is 6.03. The molecule has 13 heteroatoms. The Morgan fingerprint density at radius 2 is 2.00 bits per heavy atom. The Morgan fingerprint density at radius 1 is 1.19 bits per heavy atom. The Hall–Kier alpha value is -3.65. The highest BCUT2D eigenvalue weighted by atomic mass is 33.1. The second kappa shape index (κ2) is 15.8. The molecule has 5 atom stereocenters. The third kappa shape index (κ3) is 7.03. The molecule has 1 saturated carbocycles. The number of aliphatic hydroxyl groups excluding tert-OH is 1. The van der Waals surface area contributed by atoms with E-state index in [0.717, 1.165) is 78.6 Å². The van der Waals surface area contributed by atoms with Crippen LogP contribution in [0.1, 0.15) is 83.3 Å². The number of rotatable bonds is 7. The number of nitrogens with two attached hydrogens (primary N) is 1. The van der Waals surface area contributed by atoms with Gasteiger partial charge in [-0.25, -0.2) is 9.59 Å². The summed E-state index contributed by atoms with van der Waals surface area (Å²) in [6.07, 6.45) is 12.3.